The molecule has 3 aromatic rings. The third kappa shape index (κ3) is 3.04. The van der Waals surface area contributed by atoms with Gasteiger partial charge in [-0.05, 0) is 47.2 Å². The number of halogens is 1. The first-order valence-corrected chi connectivity index (χ1v) is 7.36. The van der Waals surface area contributed by atoms with Crippen LogP contribution in [0, 0.1) is 17.0 Å². The van der Waals surface area contributed by atoms with Crippen molar-refractivity contribution in [2.45, 2.75) is 13.5 Å². The fraction of sp³-hybridized carbons (Fsp3) is 0.133. The minimum Gasteiger partial charge on any atom is -0.258 e. The lowest BCUT2D eigenvalue weighted by molar-refractivity contribution is -0.385. The quantitative estimate of drug-likeness (QED) is 0.534. The molecule has 0 spiro atoms. The summed E-state index contributed by atoms with van der Waals surface area (Å²) in [5.41, 5.74) is 1.37. The van der Waals surface area contributed by atoms with E-state index in [2.05, 4.69) is 10.4 Å². The van der Waals surface area contributed by atoms with Crippen LogP contribution < -0.4 is 5.69 Å². The Bertz CT molecular complexity index is 979. The van der Waals surface area contributed by atoms with Gasteiger partial charge in [-0.3, -0.25) is 10.1 Å². The van der Waals surface area contributed by atoms with E-state index in [4.69, 9.17) is 11.6 Å². The van der Waals surface area contributed by atoms with E-state index in [9.17, 15) is 14.9 Å². The number of nitro groups is 1. The predicted molar refractivity (Wildman–Crippen MR) is 87.6 cm³/mol. The standard InChI is InChI=1S/C15H12ClN5O3/c1-10-7-11(5-6-14(10)21(23)24)9-19-15(22)20(18-17-19)13-4-2-3-12(16)8-13/h2-8H,9H2,1H3. The first kappa shape index (κ1) is 15.9. The molecule has 0 saturated carbocycles. The second kappa shape index (κ2) is 6.25. The Labute approximate surface area is 141 Å². The molecule has 24 heavy (non-hydrogen) atoms. The second-order valence-electron chi connectivity index (χ2n) is 5.19. The third-order valence-electron chi connectivity index (χ3n) is 3.48. The molecule has 0 aliphatic rings. The van der Waals surface area contributed by atoms with Crippen LogP contribution in [0.3, 0.4) is 0 Å². The van der Waals surface area contributed by atoms with Gasteiger partial charge in [0.25, 0.3) is 5.69 Å². The Kier molecular flexibility index (Phi) is 4.13. The molecule has 1 aromatic heterocycles. The molecule has 2 aromatic carbocycles. The SMILES string of the molecule is Cc1cc(Cn2nnn(-c3cccc(Cl)c3)c2=O)ccc1[N+](=O)[O-]. The Morgan fingerprint density at radius 1 is 1.21 bits per heavy atom. The van der Waals surface area contributed by atoms with Crippen LogP contribution in [0.2, 0.25) is 5.02 Å². The Morgan fingerprint density at radius 3 is 2.67 bits per heavy atom. The Balaban J connectivity index is 1.91. The highest BCUT2D eigenvalue weighted by molar-refractivity contribution is 6.30. The van der Waals surface area contributed by atoms with Crippen LogP contribution >= 0.6 is 11.6 Å². The number of hydrogen-bond donors (Lipinski definition) is 0. The van der Waals surface area contributed by atoms with Gasteiger partial charge in [-0.15, -0.1) is 0 Å². The monoisotopic (exact) mass is 345 g/mol. The molecule has 0 atom stereocenters. The van der Waals surface area contributed by atoms with Gasteiger partial charge in [-0.1, -0.05) is 23.7 Å². The normalized spacial score (nSPS) is 10.8. The summed E-state index contributed by atoms with van der Waals surface area (Å²) in [4.78, 5) is 22.8. The summed E-state index contributed by atoms with van der Waals surface area (Å²) in [7, 11) is 0. The number of tetrazole rings is 1. The van der Waals surface area contributed by atoms with E-state index >= 15 is 0 Å². The molecule has 0 N–H and O–H groups in total. The zero-order valence-electron chi connectivity index (χ0n) is 12.6. The molecule has 9 heteroatoms. The Morgan fingerprint density at radius 2 is 2.00 bits per heavy atom. The first-order chi connectivity index (χ1) is 11.5. The van der Waals surface area contributed by atoms with E-state index in [0.29, 0.717) is 16.3 Å². The number of aromatic nitrogens is 4. The summed E-state index contributed by atoms with van der Waals surface area (Å²) in [6.07, 6.45) is 0. The van der Waals surface area contributed by atoms with Crippen LogP contribution in [0.15, 0.2) is 47.3 Å². The van der Waals surface area contributed by atoms with Crippen molar-refractivity contribution in [2.24, 2.45) is 0 Å². The average Bonchev–Trinajstić information content (AvgIpc) is 2.88. The van der Waals surface area contributed by atoms with Gasteiger partial charge in [-0.2, -0.15) is 9.36 Å². The maximum atomic E-state index is 12.4. The predicted octanol–water partition coefficient (Wildman–Crippen LogP) is 2.35. The largest absolute Gasteiger partial charge is 0.368 e. The molecular weight excluding hydrogens is 334 g/mol. The summed E-state index contributed by atoms with van der Waals surface area (Å²) in [5.74, 6) is 0. The number of benzene rings is 2. The van der Waals surface area contributed by atoms with Crippen molar-refractivity contribution in [1.82, 2.24) is 19.8 Å². The molecule has 0 aliphatic carbocycles. The van der Waals surface area contributed by atoms with Crippen LogP contribution in [-0.2, 0) is 6.54 Å². The molecule has 3 rings (SSSR count). The van der Waals surface area contributed by atoms with Crippen LogP contribution in [0.1, 0.15) is 11.1 Å². The number of aryl methyl sites for hydroxylation is 1. The van der Waals surface area contributed by atoms with Gasteiger partial charge in [0, 0.05) is 16.7 Å². The maximum Gasteiger partial charge on any atom is 0.368 e. The topological polar surface area (TPSA) is 95.8 Å². The lowest BCUT2D eigenvalue weighted by atomic mass is 10.1. The van der Waals surface area contributed by atoms with Crippen molar-refractivity contribution < 1.29 is 4.92 Å². The van der Waals surface area contributed by atoms with Crippen molar-refractivity contribution in [3.63, 3.8) is 0 Å². The summed E-state index contributed by atoms with van der Waals surface area (Å²) in [5, 5.41) is 19.0. The third-order valence-corrected chi connectivity index (χ3v) is 3.72. The molecule has 1 heterocycles. The molecule has 0 unspecified atom stereocenters. The van der Waals surface area contributed by atoms with Gasteiger partial charge in [-0.25, -0.2) is 4.79 Å². The average molecular weight is 346 g/mol. The minimum absolute atomic E-state index is 0.0358. The summed E-state index contributed by atoms with van der Waals surface area (Å²) in [6, 6.07) is 11.4. The molecule has 8 nitrogen and oxygen atoms in total. The Hall–Kier alpha value is -3.00. The van der Waals surface area contributed by atoms with Crippen molar-refractivity contribution in [2.75, 3.05) is 0 Å². The molecule has 0 bridgehead atoms. The summed E-state index contributed by atoms with van der Waals surface area (Å²) < 4.78 is 2.33. The first-order valence-electron chi connectivity index (χ1n) is 6.98. The van der Waals surface area contributed by atoms with E-state index in [0.717, 1.165) is 10.2 Å². The van der Waals surface area contributed by atoms with Gasteiger partial charge in [0.1, 0.15) is 0 Å². The van der Waals surface area contributed by atoms with Crippen molar-refractivity contribution in [3.8, 4) is 5.69 Å². The number of nitro benzene ring substituents is 1. The van der Waals surface area contributed by atoms with Gasteiger partial charge < -0.3 is 0 Å². The molecule has 122 valence electrons. The van der Waals surface area contributed by atoms with Crippen molar-refractivity contribution >= 4 is 17.3 Å². The molecular formula is C15H12ClN5O3. The highest BCUT2D eigenvalue weighted by atomic mass is 35.5. The van der Waals surface area contributed by atoms with Crippen LogP contribution in [-0.4, -0.2) is 24.7 Å². The molecule has 0 aliphatic heterocycles. The van der Waals surface area contributed by atoms with Crippen molar-refractivity contribution in [1.29, 1.82) is 0 Å². The van der Waals surface area contributed by atoms with E-state index in [1.54, 1.807) is 43.3 Å². The van der Waals surface area contributed by atoms with E-state index in [1.807, 2.05) is 0 Å². The second-order valence-corrected chi connectivity index (χ2v) is 5.63. The van der Waals surface area contributed by atoms with Gasteiger partial charge in [0.05, 0.1) is 17.2 Å². The van der Waals surface area contributed by atoms with Gasteiger partial charge in [0.2, 0.25) is 0 Å². The van der Waals surface area contributed by atoms with Gasteiger partial charge in [0.15, 0.2) is 0 Å². The van der Waals surface area contributed by atoms with E-state index < -0.39 is 10.6 Å². The van der Waals surface area contributed by atoms with Crippen molar-refractivity contribution in [3.05, 3.63) is 79.2 Å². The highest BCUT2D eigenvalue weighted by Crippen LogP contribution is 2.19. The number of hydrogen-bond acceptors (Lipinski definition) is 5. The fourth-order valence-electron chi connectivity index (χ4n) is 2.34. The minimum atomic E-state index is -0.444. The molecule has 0 saturated heterocycles. The van der Waals surface area contributed by atoms with Crippen LogP contribution in [0.4, 0.5) is 5.69 Å². The van der Waals surface area contributed by atoms with E-state index in [1.165, 1.54) is 10.7 Å². The molecule has 0 radical (unpaired) electrons. The number of nitrogens with zero attached hydrogens (tertiary/aromatic N) is 5. The maximum absolute atomic E-state index is 12.4. The molecule has 0 amide bonds. The van der Waals surface area contributed by atoms with Crippen LogP contribution in [0.25, 0.3) is 5.69 Å². The molecule has 0 fully saturated rings. The van der Waals surface area contributed by atoms with Crippen LogP contribution in [0.5, 0.6) is 0 Å². The highest BCUT2D eigenvalue weighted by Gasteiger charge is 2.13. The van der Waals surface area contributed by atoms with Gasteiger partial charge >= 0.3 is 5.69 Å². The zero-order valence-corrected chi connectivity index (χ0v) is 13.3. The zero-order chi connectivity index (χ0) is 17.3. The smallest absolute Gasteiger partial charge is 0.258 e. The number of rotatable bonds is 4. The summed E-state index contributed by atoms with van der Waals surface area (Å²) in [6.45, 7) is 1.81. The summed E-state index contributed by atoms with van der Waals surface area (Å²) >= 11 is 5.92. The van der Waals surface area contributed by atoms with E-state index in [-0.39, 0.29) is 12.2 Å². The lowest BCUT2D eigenvalue weighted by Gasteiger charge is -2.02. The fourth-order valence-corrected chi connectivity index (χ4v) is 2.52. The lowest BCUT2D eigenvalue weighted by Crippen LogP contribution is -2.24.